The van der Waals surface area contributed by atoms with Gasteiger partial charge in [0.15, 0.2) is 0 Å². The first-order chi connectivity index (χ1) is 7.74. The van der Waals surface area contributed by atoms with Crippen molar-refractivity contribution in [3.8, 4) is 5.75 Å². The molecule has 0 aliphatic rings. The van der Waals surface area contributed by atoms with Gasteiger partial charge in [0.05, 0.1) is 0 Å². The van der Waals surface area contributed by atoms with E-state index in [1.54, 1.807) is 0 Å². The lowest BCUT2D eigenvalue weighted by Gasteiger charge is -2.26. The van der Waals surface area contributed by atoms with E-state index in [-0.39, 0.29) is 17.0 Å². The normalized spacial score (nSPS) is 13.9. The van der Waals surface area contributed by atoms with Crippen molar-refractivity contribution in [3.05, 3.63) is 34.2 Å². The first-order valence-electron chi connectivity index (χ1n) is 4.41. The molecule has 1 aromatic carbocycles. The van der Waals surface area contributed by atoms with Crippen LogP contribution in [0.25, 0.3) is 0 Å². The number of nitrogens with one attached hydrogen (secondary N) is 1. The summed E-state index contributed by atoms with van der Waals surface area (Å²) in [5.74, 6) is -0.388. The molecule has 0 aliphatic heterocycles. The Kier molecular flexibility index (Phi) is 4.21. The largest absolute Gasteiger partial charge is 0.628 e. The number of benzene rings is 1. The summed E-state index contributed by atoms with van der Waals surface area (Å²) in [7, 11) is 0. The number of aryl methyl sites for hydroxylation is 1. The number of quaternary nitrogens is 1. The van der Waals surface area contributed by atoms with Gasteiger partial charge in [-0.2, -0.15) is 8.78 Å². The maximum atomic E-state index is 12.8. The van der Waals surface area contributed by atoms with Crippen LogP contribution in [0.1, 0.15) is 5.56 Å². The highest BCUT2D eigenvalue weighted by atomic mass is 35.5. The molecule has 17 heavy (non-hydrogen) atoms. The molecular formula is C9H8ClF3NO3-. The van der Waals surface area contributed by atoms with Crippen molar-refractivity contribution >= 4 is 17.3 Å². The van der Waals surface area contributed by atoms with Crippen molar-refractivity contribution in [2.24, 2.45) is 0 Å². The summed E-state index contributed by atoms with van der Waals surface area (Å²) < 4.78 is 41.8. The van der Waals surface area contributed by atoms with E-state index in [1.807, 2.05) is 0 Å². The Bertz CT molecular complexity index is 401. The fourth-order valence-electron chi connectivity index (χ4n) is 1.13. The van der Waals surface area contributed by atoms with E-state index in [2.05, 4.69) is 16.3 Å². The average Bonchev–Trinajstić information content (AvgIpc) is 2.15. The Balaban J connectivity index is 2.92. The Morgan fingerprint density at radius 1 is 1.41 bits per heavy atom. The van der Waals surface area contributed by atoms with Gasteiger partial charge < -0.3 is 20.4 Å². The summed E-state index contributed by atoms with van der Waals surface area (Å²) in [6.07, 6.45) is -4.18. The minimum atomic E-state index is -4.18. The number of hydrogen-bond acceptors (Lipinski definition) is 3. The number of hydrogen-bond donors (Lipinski definition) is 1. The minimum absolute atomic E-state index is 0.156. The lowest BCUT2D eigenvalue weighted by Crippen LogP contribution is -2.96. The molecule has 96 valence electrons. The quantitative estimate of drug-likeness (QED) is 0.672. The average molecular weight is 271 g/mol. The van der Waals surface area contributed by atoms with E-state index in [9.17, 15) is 23.6 Å². The second kappa shape index (κ2) is 5.09. The van der Waals surface area contributed by atoms with Crippen molar-refractivity contribution in [2.45, 2.75) is 18.7 Å². The number of halogens is 4. The van der Waals surface area contributed by atoms with Gasteiger partial charge in [-0.1, -0.05) is 11.6 Å². The number of rotatable bonds is 4. The van der Waals surface area contributed by atoms with E-state index in [0.29, 0.717) is 0 Å². The van der Waals surface area contributed by atoms with E-state index in [1.165, 1.54) is 6.92 Å². The number of alkyl halides is 4. The van der Waals surface area contributed by atoms with E-state index in [4.69, 9.17) is 0 Å². The van der Waals surface area contributed by atoms with Gasteiger partial charge in [0.1, 0.15) is 11.4 Å². The van der Waals surface area contributed by atoms with Crippen molar-refractivity contribution in [2.75, 3.05) is 0 Å². The maximum Gasteiger partial charge on any atom is 0.444 e. The molecule has 1 unspecified atom stereocenters. The van der Waals surface area contributed by atoms with Gasteiger partial charge in [0.25, 0.3) is 5.63 Å². The zero-order valence-corrected chi connectivity index (χ0v) is 9.30. The van der Waals surface area contributed by atoms with Gasteiger partial charge in [-0.3, -0.25) is 0 Å². The third-order valence-electron chi connectivity index (χ3n) is 1.93. The standard InChI is InChI=1S/C9H8ClF3NO3/c1-5-4-6(2-3-7(5)14(15)16)17-9(12,13)8(10)11/h2-4,8,14H,1H3/q-1. The monoisotopic (exact) mass is 270 g/mol. The molecule has 0 amide bonds. The molecule has 1 atom stereocenters. The van der Waals surface area contributed by atoms with E-state index in [0.717, 1.165) is 18.2 Å². The van der Waals surface area contributed by atoms with Gasteiger partial charge in [0, 0.05) is 11.6 Å². The molecule has 0 bridgehead atoms. The third kappa shape index (κ3) is 3.47. The van der Waals surface area contributed by atoms with Crippen LogP contribution in [-0.4, -0.2) is 11.7 Å². The molecular weight excluding hydrogens is 263 g/mol. The Labute approximate surface area is 99.7 Å². The van der Waals surface area contributed by atoms with Crippen LogP contribution < -0.4 is 9.96 Å². The van der Waals surface area contributed by atoms with Crippen LogP contribution in [0, 0.1) is 17.3 Å². The molecule has 8 heteroatoms. The molecule has 1 aromatic rings. The van der Waals surface area contributed by atoms with Gasteiger partial charge >= 0.3 is 6.11 Å². The molecule has 0 saturated heterocycles. The highest BCUT2D eigenvalue weighted by Crippen LogP contribution is 2.30. The summed E-state index contributed by atoms with van der Waals surface area (Å²) in [5, 5.41) is 19.6. The van der Waals surface area contributed by atoms with Crippen LogP contribution in [0.15, 0.2) is 18.2 Å². The second-order valence-electron chi connectivity index (χ2n) is 3.23. The fraction of sp³-hybridized carbons (Fsp3) is 0.333. The molecule has 0 saturated carbocycles. The lowest BCUT2D eigenvalue weighted by molar-refractivity contribution is -0.715. The van der Waals surface area contributed by atoms with Crippen molar-refractivity contribution in [1.29, 1.82) is 0 Å². The van der Waals surface area contributed by atoms with Crippen LogP contribution in [0.4, 0.5) is 18.9 Å². The van der Waals surface area contributed by atoms with E-state index < -0.39 is 17.0 Å². The first kappa shape index (κ1) is 14.0. The van der Waals surface area contributed by atoms with Gasteiger partial charge in [-0.15, -0.1) is 0 Å². The van der Waals surface area contributed by atoms with Gasteiger partial charge in [0.2, 0.25) is 0 Å². The molecule has 0 aliphatic carbocycles. The Hall–Kier alpha value is -1.02. The van der Waals surface area contributed by atoms with Crippen LogP contribution in [0.5, 0.6) is 5.75 Å². The van der Waals surface area contributed by atoms with Gasteiger partial charge in [-0.05, 0) is 19.1 Å². The molecule has 4 nitrogen and oxygen atoms in total. The fourth-order valence-corrected chi connectivity index (χ4v) is 1.17. The summed E-state index contributed by atoms with van der Waals surface area (Å²) in [6, 6.07) is 3.02. The summed E-state index contributed by atoms with van der Waals surface area (Å²) >= 11 is 4.60. The molecule has 0 spiro atoms. The van der Waals surface area contributed by atoms with E-state index >= 15 is 0 Å². The van der Waals surface area contributed by atoms with Crippen LogP contribution in [0.3, 0.4) is 0 Å². The van der Waals surface area contributed by atoms with Crippen molar-refractivity contribution in [3.63, 3.8) is 0 Å². The highest BCUT2D eigenvalue weighted by molar-refractivity contribution is 6.20. The molecule has 0 fully saturated rings. The van der Waals surface area contributed by atoms with Crippen molar-refractivity contribution < 1.29 is 23.1 Å². The SMILES string of the molecule is Cc1cc(OC(F)(F)C(F)Cl)ccc1[NH+]([O-])[O-]. The molecule has 0 heterocycles. The molecule has 1 N–H and O–H groups in total. The molecule has 0 aromatic heterocycles. The minimum Gasteiger partial charge on any atom is -0.628 e. The smallest absolute Gasteiger partial charge is 0.444 e. The summed E-state index contributed by atoms with van der Waals surface area (Å²) in [4.78, 5) is 0. The van der Waals surface area contributed by atoms with Crippen LogP contribution >= 0.6 is 11.6 Å². The predicted molar refractivity (Wildman–Crippen MR) is 54.9 cm³/mol. The Morgan fingerprint density at radius 3 is 2.41 bits per heavy atom. The topological polar surface area (TPSA) is 59.8 Å². The molecule has 1 rings (SSSR count). The van der Waals surface area contributed by atoms with Crippen LogP contribution in [-0.2, 0) is 0 Å². The van der Waals surface area contributed by atoms with Crippen LogP contribution in [0.2, 0.25) is 0 Å². The Morgan fingerprint density at radius 2 is 2.00 bits per heavy atom. The first-order valence-corrected chi connectivity index (χ1v) is 4.84. The van der Waals surface area contributed by atoms with Gasteiger partial charge in [-0.25, -0.2) is 4.39 Å². The summed E-state index contributed by atoms with van der Waals surface area (Å²) in [5.41, 5.74) is -3.00. The zero-order chi connectivity index (χ0) is 13.2. The zero-order valence-electron chi connectivity index (χ0n) is 8.55. The van der Waals surface area contributed by atoms with Crippen molar-refractivity contribution in [1.82, 2.24) is 0 Å². The maximum absolute atomic E-state index is 12.8. The summed E-state index contributed by atoms with van der Waals surface area (Å²) in [6.45, 7) is 1.36. The predicted octanol–water partition coefficient (Wildman–Crippen LogP) is 2.01. The lowest BCUT2D eigenvalue weighted by atomic mass is 10.2. The second-order valence-corrected chi connectivity index (χ2v) is 3.61. The molecule has 0 radical (unpaired) electrons. The highest BCUT2D eigenvalue weighted by Gasteiger charge is 2.42. The third-order valence-corrected chi connectivity index (χ3v) is 2.18. The number of ether oxygens (including phenoxy) is 1.